The Morgan fingerprint density at radius 2 is 2.14 bits per heavy atom. The number of ether oxygens (including phenoxy) is 1. The van der Waals surface area contributed by atoms with Crippen molar-refractivity contribution in [3.8, 4) is 0 Å². The van der Waals surface area contributed by atoms with Crippen LogP contribution in [0.25, 0.3) is 5.57 Å². The molecule has 192 valence electrons. The Bertz CT molecular complexity index is 1190. The third-order valence-corrected chi connectivity index (χ3v) is 5.69. The first-order valence-corrected chi connectivity index (χ1v) is 11.4. The molecule has 0 aliphatic carbocycles. The van der Waals surface area contributed by atoms with Gasteiger partial charge in [0, 0.05) is 18.8 Å². The number of amides is 2. The van der Waals surface area contributed by atoms with Gasteiger partial charge in [0.05, 0.1) is 18.2 Å². The quantitative estimate of drug-likeness (QED) is 0.510. The van der Waals surface area contributed by atoms with Crippen LogP contribution in [0.3, 0.4) is 0 Å². The smallest absolute Gasteiger partial charge is 0.410 e. The van der Waals surface area contributed by atoms with Crippen molar-refractivity contribution in [1.82, 2.24) is 25.0 Å². The summed E-state index contributed by atoms with van der Waals surface area (Å²) in [6.45, 7) is 6.73. The number of hydrogen-bond acceptors (Lipinski definition) is 6. The van der Waals surface area contributed by atoms with Crippen LogP contribution >= 0.6 is 0 Å². The second kappa shape index (κ2) is 12.2. The normalized spacial score (nSPS) is 14.5. The lowest BCUT2D eigenvalue weighted by molar-refractivity contribution is 0.0921. The molecule has 2 N–H and O–H groups in total. The summed E-state index contributed by atoms with van der Waals surface area (Å²) in [4.78, 5) is 26.1. The third-order valence-electron chi connectivity index (χ3n) is 5.69. The lowest BCUT2D eigenvalue weighted by atomic mass is 9.96. The number of rotatable bonds is 9. The second-order valence-corrected chi connectivity index (χ2v) is 8.36. The number of allylic oxidation sites excluding steroid dienone is 4. The van der Waals surface area contributed by atoms with Crippen LogP contribution in [-0.2, 0) is 17.7 Å². The molecule has 2 amide bonds. The minimum absolute atomic E-state index is 0.0580. The number of halogens is 2. The van der Waals surface area contributed by atoms with Crippen LogP contribution in [0.2, 0.25) is 0 Å². The fourth-order valence-corrected chi connectivity index (χ4v) is 3.70. The molecule has 9 nitrogen and oxygen atoms in total. The molecule has 36 heavy (non-hydrogen) atoms. The number of nitrogens with zero attached hydrogens (tertiary/aromatic N) is 4. The van der Waals surface area contributed by atoms with Gasteiger partial charge < -0.3 is 24.6 Å². The first-order chi connectivity index (χ1) is 17.2. The molecule has 1 unspecified atom stereocenters. The van der Waals surface area contributed by atoms with E-state index in [2.05, 4.69) is 22.1 Å². The molecule has 11 heteroatoms. The standard InChI is InChI=1S/C25H29F2N5O4/c1-16(23-30-28-15-32(23)18(3)14-33)5-4-6-17(2)29-24(34)21-11-20-13-31(25(35)36-10-8-26)9-7-19(20)12-22(21)27/h4-6,11-12,15,18,33H,2,7-10,13-14H2,1,3H3,(H,29,34)/b6-4-,16-5+. The van der Waals surface area contributed by atoms with Gasteiger partial charge in [-0.15, -0.1) is 10.2 Å². The highest BCUT2D eigenvalue weighted by Crippen LogP contribution is 2.23. The van der Waals surface area contributed by atoms with Crippen molar-refractivity contribution >= 4 is 17.6 Å². The van der Waals surface area contributed by atoms with Crippen molar-refractivity contribution in [3.05, 3.63) is 77.3 Å². The number of aliphatic hydroxyl groups is 1. The van der Waals surface area contributed by atoms with Gasteiger partial charge in [-0.1, -0.05) is 18.7 Å². The largest absolute Gasteiger partial charge is 0.447 e. The molecule has 1 aliphatic heterocycles. The van der Waals surface area contributed by atoms with Crippen molar-refractivity contribution in [2.45, 2.75) is 32.9 Å². The summed E-state index contributed by atoms with van der Waals surface area (Å²) in [5.74, 6) is -0.765. The number of fused-ring (bicyclic) bond motifs is 1. The number of carbonyl (C=O) groups excluding carboxylic acids is 2. The Labute approximate surface area is 207 Å². The van der Waals surface area contributed by atoms with Gasteiger partial charge in [-0.25, -0.2) is 13.6 Å². The van der Waals surface area contributed by atoms with E-state index in [1.54, 1.807) is 22.8 Å². The molecular weight excluding hydrogens is 472 g/mol. The summed E-state index contributed by atoms with van der Waals surface area (Å²) in [6.07, 6.45) is 6.24. The van der Waals surface area contributed by atoms with Crippen LogP contribution in [0, 0.1) is 5.82 Å². The van der Waals surface area contributed by atoms with Gasteiger partial charge in [0.2, 0.25) is 0 Å². The van der Waals surface area contributed by atoms with Crippen LogP contribution in [0.4, 0.5) is 13.6 Å². The molecule has 1 aromatic heterocycles. The monoisotopic (exact) mass is 501 g/mol. The zero-order valence-corrected chi connectivity index (χ0v) is 20.2. The van der Waals surface area contributed by atoms with Crippen LogP contribution < -0.4 is 5.32 Å². The molecular formula is C25H29F2N5O4. The van der Waals surface area contributed by atoms with Gasteiger partial charge in [0.25, 0.3) is 5.91 Å². The van der Waals surface area contributed by atoms with Crippen molar-refractivity contribution in [2.75, 3.05) is 26.4 Å². The number of alkyl halides is 1. The highest BCUT2D eigenvalue weighted by atomic mass is 19.1. The number of benzene rings is 1. The minimum atomic E-state index is -0.774. The predicted molar refractivity (Wildman–Crippen MR) is 129 cm³/mol. The molecule has 1 aliphatic rings. The zero-order valence-electron chi connectivity index (χ0n) is 20.2. The summed E-state index contributed by atoms with van der Waals surface area (Å²) in [5, 5.41) is 19.9. The topological polar surface area (TPSA) is 110 Å². The average Bonchev–Trinajstić information content (AvgIpc) is 3.36. The van der Waals surface area contributed by atoms with Gasteiger partial charge in [-0.2, -0.15) is 0 Å². The first-order valence-electron chi connectivity index (χ1n) is 11.4. The molecule has 0 spiro atoms. The molecule has 0 fully saturated rings. The van der Waals surface area contributed by atoms with E-state index in [9.17, 15) is 23.5 Å². The molecule has 2 aromatic rings. The van der Waals surface area contributed by atoms with Crippen molar-refractivity contribution in [3.63, 3.8) is 0 Å². The summed E-state index contributed by atoms with van der Waals surface area (Å²) < 4.78 is 33.5. The van der Waals surface area contributed by atoms with E-state index in [1.165, 1.54) is 23.4 Å². The molecule has 1 aromatic carbocycles. The van der Waals surface area contributed by atoms with E-state index >= 15 is 0 Å². The molecule has 0 radical (unpaired) electrons. The highest BCUT2D eigenvalue weighted by Gasteiger charge is 2.25. The van der Waals surface area contributed by atoms with E-state index < -0.39 is 24.5 Å². The molecule has 0 saturated carbocycles. The van der Waals surface area contributed by atoms with E-state index in [-0.39, 0.29) is 37.1 Å². The minimum Gasteiger partial charge on any atom is -0.447 e. The SMILES string of the molecule is C=C(/C=C\C=C(/C)c1nncn1C(C)CO)NC(=O)c1cc2c(cc1F)CCN(C(=O)OCCF)C2. The molecule has 0 bridgehead atoms. The van der Waals surface area contributed by atoms with E-state index in [1.807, 2.05) is 13.8 Å². The first kappa shape index (κ1) is 26.7. The maximum absolute atomic E-state index is 14.6. The number of aliphatic hydroxyl groups excluding tert-OH is 1. The number of nitrogens with one attached hydrogen (secondary N) is 1. The number of aromatic nitrogens is 3. The van der Waals surface area contributed by atoms with Crippen LogP contribution in [0.5, 0.6) is 0 Å². The Kier molecular flexibility index (Phi) is 9.07. The molecule has 3 rings (SSSR count). The van der Waals surface area contributed by atoms with Gasteiger partial charge >= 0.3 is 6.09 Å². The summed E-state index contributed by atoms with van der Waals surface area (Å²) in [7, 11) is 0. The Hall–Kier alpha value is -3.86. The van der Waals surface area contributed by atoms with Crippen LogP contribution in [0.15, 0.2) is 49.0 Å². The Morgan fingerprint density at radius 3 is 2.86 bits per heavy atom. The molecule has 2 heterocycles. The lowest BCUT2D eigenvalue weighted by Crippen LogP contribution is -2.37. The van der Waals surface area contributed by atoms with Crippen molar-refractivity contribution in [1.29, 1.82) is 0 Å². The number of carbonyl (C=O) groups is 2. The fourth-order valence-electron chi connectivity index (χ4n) is 3.70. The fraction of sp³-hybridized carbons (Fsp3) is 0.360. The van der Waals surface area contributed by atoms with Gasteiger partial charge in [0.1, 0.15) is 25.4 Å². The summed E-state index contributed by atoms with van der Waals surface area (Å²) in [5.41, 5.74) is 2.15. The summed E-state index contributed by atoms with van der Waals surface area (Å²) in [6, 6.07) is 2.52. The maximum Gasteiger partial charge on any atom is 0.410 e. The van der Waals surface area contributed by atoms with Gasteiger partial charge in [-0.05, 0) is 55.2 Å². The molecule has 1 atom stereocenters. The third kappa shape index (κ3) is 6.42. The maximum atomic E-state index is 14.6. The van der Waals surface area contributed by atoms with Gasteiger partial charge in [-0.3, -0.25) is 4.79 Å². The van der Waals surface area contributed by atoms with Crippen LogP contribution in [0.1, 0.15) is 47.2 Å². The zero-order chi connectivity index (χ0) is 26.2. The highest BCUT2D eigenvalue weighted by molar-refractivity contribution is 5.96. The van der Waals surface area contributed by atoms with E-state index in [0.717, 1.165) is 5.57 Å². The van der Waals surface area contributed by atoms with E-state index in [4.69, 9.17) is 4.74 Å². The van der Waals surface area contributed by atoms with Crippen LogP contribution in [-0.4, -0.2) is 63.2 Å². The Morgan fingerprint density at radius 1 is 1.36 bits per heavy atom. The Balaban J connectivity index is 1.66. The van der Waals surface area contributed by atoms with Gasteiger partial charge in [0.15, 0.2) is 5.82 Å². The van der Waals surface area contributed by atoms with Crippen molar-refractivity contribution in [2.24, 2.45) is 0 Å². The lowest BCUT2D eigenvalue weighted by Gasteiger charge is -2.28. The average molecular weight is 502 g/mol. The van der Waals surface area contributed by atoms with E-state index in [0.29, 0.717) is 29.9 Å². The van der Waals surface area contributed by atoms with Crippen molar-refractivity contribution < 1.29 is 28.2 Å². The second-order valence-electron chi connectivity index (χ2n) is 8.36. The predicted octanol–water partition coefficient (Wildman–Crippen LogP) is 3.34. The summed E-state index contributed by atoms with van der Waals surface area (Å²) >= 11 is 0. The molecule has 0 saturated heterocycles. The number of hydrogen-bond donors (Lipinski definition) is 2.